The molecule has 3 heterocycles. The van der Waals surface area contributed by atoms with Crippen molar-refractivity contribution in [3.63, 3.8) is 0 Å². The molecule has 3 aliphatic rings. The highest BCUT2D eigenvalue weighted by Crippen LogP contribution is 2.50. The highest BCUT2D eigenvalue weighted by molar-refractivity contribution is 6.62. The third-order valence-electron chi connectivity index (χ3n) is 9.03. The zero-order valence-corrected chi connectivity index (χ0v) is 23.8. The van der Waals surface area contributed by atoms with Gasteiger partial charge in [0.2, 0.25) is 5.91 Å². The van der Waals surface area contributed by atoms with Gasteiger partial charge in [-0.1, -0.05) is 24.3 Å². The number of likely N-dealkylation sites (tertiary alicyclic amines) is 1. The summed E-state index contributed by atoms with van der Waals surface area (Å²) in [6, 6.07) is 7.13. The first-order valence-electron chi connectivity index (χ1n) is 13.7. The van der Waals surface area contributed by atoms with Crippen LogP contribution in [0.1, 0.15) is 65.7 Å². The second-order valence-electron chi connectivity index (χ2n) is 11.9. The first kappa shape index (κ1) is 27.7. The van der Waals surface area contributed by atoms with E-state index in [0.29, 0.717) is 5.92 Å². The molecule has 5 rings (SSSR count). The van der Waals surface area contributed by atoms with Gasteiger partial charge in [0.25, 0.3) is 0 Å². The van der Waals surface area contributed by atoms with Gasteiger partial charge in [-0.2, -0.15) is 0 Å². The van der Waals surface area contributed by atoms with Crippen molar-refractivity contribution < 1.29 is 28.4 Å². The van der Waals surface area contributed by atoms with E-state index < -0.39 is 36.6 Å². The minimum Gasteiger partial charge on any atom is -0.453 e. The number of aromatic nitrogens is 2. The third-order valence-corrected chi connectivity index (χ3v) is 9.03. The number of methoxy groups -OCH3 is 2. The van der Waals surface area contributed by atoms with Gasteiger partial charge < -0.3 is 34.0 Å². The summed E-state index contributed by atoms with van der Waals surface area (Å²) in [7, 11) is 2.38. The molecule has 2 aliphatic heterocycles. The molecule has 2 bridgehead atoms. The van der Waals surface area contributed by atoms with E-state index in [1.165, 1.54) is 14.2 Å². The van der Waals surface area contributed by atoms with E-state index in [1.807, 2.05) is 63.1 Å². The smallest absolute Gasteiger partial charge is 0.453 e. The number of carbonyl (C=O) groups excluding carboxylic acids is 2. The fourth-order valence-electron chi connectivity index (χ4n) is 5.95. The summed E-state index contributed by atoms with van der Waals surface area (Å²) in [5, 5.41) is 2.67. The van der Waals surface area contributed by atoms with Crippen molar-refractivity contribution in [3.05, 3.63) is 36.3 Å². The summed E-state index contributed by atoms with van der Waals surface area (Å²) in [6.45, 7) is 9.93. The van der Waals surface area contributed by atoms with Crippen LogP contribution in [0, 0.1) is 5.92 Å². The van der Waals surface area contributed by atoms with Gasteiger partial charge in [0.15, 0.2) is 0 Å². The van der Waals surface area contributed by atoms with Gasteiger partial charge in [-0.05, 0) is 70.8 Å². The Morgan fingerprint density at radius 1 is 1.13 bits per heavy atom. The van der Waals surface area contributed by atoms with Crippen LogP contribution in [0.5, 0.6) is 0 Å². The van der Waals surface area contributed by atoms with Gasteiger partial charge in [-0.3, -0.25) is 4.79 Å². The number of hydrogen-bond donors (Lipinski definition) is 2. The topological polar surface area (TPSA) is 115 Å². The van der Waals surface area contributed by atoms with Crippen LogP contribution >= 0.6 is 0 Å². The minimum absolute atomic E-state index is 0.103. The van der Waals surface area contributed by atoms with Crippen LogP contribution in [0.3, 0.4) is 0 Å². The Hall–Kier alpha value is -2.89. The molecular weight excluding hydrogens is 499 g/mol. The molecule has 1 aromatic heterocycles. The predicted molar refractivity (Wildman–Crippen MR) is 146 cm³/mol. The SMILES string of the molecule is COC(=O)N[C@H](C(=O)N1[C@@H]2CC[C@@H](C2)[C@H]1c1ncc(-c2ccc(B3OC(C)(C)C(C)(C)O3)cc2)[nH]1)[C@@H](C)OC. The van der Waals surface area contributed by atoms with Crippen molar-refractivity contribution >= 4 is 24.6 Å². The highest BCUT2D eigenvalue weighted by atomic mass is 16.7. The summed E-state index contributed by atoms with van der Waals surface area (Å²) in [6.07, 6.45) is 3.52. The van der Waals surface area contributed by atoms with Crippen molar-refractivity contribution in [1.82, 2.24) is 20.2 Å². The van der Waals surface area contributed by atoms with Crippen LogP contribution in [0.4, 0.5) is 4.79 Å². The molecule has 11 heteroatoms. The van der Waals surface area contributed by atoms with E-state index in [4.69, 9.17) is 23.8 Å². The van der Waals surface area contributed by atoms with Gasteiger partial charge in [0.1, 0.15) is 11.9 Å². The monoisotopic (exact) mass is 538 g/mol. The van der Waals surface area contributed by atoms with E-state index in [2.05, 4.69) is 10.3 Å². The maximum atomic E-state index is 13.8. The van der Waals surface area contributed by atoms with Crippen molar-refractivity contribution in [2.45, 2.75) is 89.3 Å². The molecule has 3 fully saturated rings. The van der Waals surface area contributed by atoms with Crippen LogP contribution in [0.25, 0.3) is 11.3 Å². The number of aromatic amines is 1. The number of piperidine rings is 1. The number of imidazole rings is 1. The Labute approximate surface area is 230 Å². The van der Waals surface area contributed by atoms with Crippen LogP contribution in [-0.2, 0) is 23.6 Å². The van der Waals surface area contributed by atoms with Crippen molar-refractivity contribution in [2.75, 3.05) is 14.2 Å². The Morgan fingerprint density at radius 3 is 2.41 bits per heavy atom. The van der Waals surface area contributed by atoms with Gasteiger partial charge in [0, 0.05) is 13.2 Å². The quantitative estimate of drug-likeness (QED) is 0.521. The summed E-state index contributed by atoms with van der Waals surface area (Å²) in [5.74, 6) is 0.875. The number of benzene rings is 1. The molecule has 2 saturated heterocycles. The van der Waals surface area contributed by atoms with Gasteiger partial charge in [-0.15, -0.1) is 0 Å². The van der Waals surface area contributed by atoms with Gasteiger partial charge in [0.05, 0.1) is 42.3 Å². The standard InChI is InChI=1S/C28H39BN4O6/c1-16(36-6)22(32-26(35)37-7)25(34)33-20-13-10-18(14-20)23(33)24-30-15-21(31-24)17-8-11-19(12-9-17)29-38-27(2,3)28(4,5)39-29/h8-9,11-12,15-16,18,20,22-23H,10,13-14H2,1-7H3,(H,30,31)(H,32,35)/t16-,18+,20-,22+,23+/m1/s1. The zero-order valence-electron chi connectivity index (χ0n) is 23.8. The number of alkyl carbamates (subject to hydrolysis) is 1. The average molecular weight is 538 g/mol. The molecule has 0 unspecified atom stereocenters. The molecule has 1 saturated carbocycles. The predicted octanol–water partition coefficient (Wildman–Crippen LogP) is 3.19. The maximum absolute atomic E-state index is 13.8. The van der Waals surface area contributed by atoms with Crippen LogP contribution in [0.2, 0.25) is 0 Å². The molecule has 0 radical (unpaired) electrons. The average Bonchev–Trinajstić information content (AvgIpc) is 3.69. The Bertz CT molecular complexity index is 1200. The highest BCUT2D eigenvalue weighted by Gasteiger charge is 2.53. The summed E-state index contributed by atoms with van der Waals surface area (Å²) in [5.41, 5.74) is 2.01. The van der Waals surface area contributed by atoms with Crippen LogP contribution in [-0.4, -0.2) is 77.6 Å². The number of hydrogen-bond acceptors (Lipinski definition) is 7. The molecule has 1 aliphatic carbocycles. The number of ether oxygens (including phenoxy) is 2. The summed E-state index contributed by atoms with van der Waals surface area (Å²) in [4.78, 5) is 35.9. The van der Waals surface area contributed by atoms with E-state index in [9.17, 15) is 9.59 Å². The molecule has 5 atom stereocenters. The van der Waals surface area contributed by atoms with E-state index >= 15 is 0 Å². The number of H-pyrrole nitrogens is 1. The van der Waals surface area contributed by atoms with Crippen LogP contribution in [0.15, 0.2) is 30.5 Å². The van der Waals surface area contributed by atoms with E-state index in [-0.39, 0.29) is 18.0 Å². The zero-order chi connectivity index (χ0) is 28.1. The second kappa shape index (κ2) is 10.3. The molecule has 2 N–H and O–H groups in total. The molecule has 2 aromatic rings. The molecular formula is C28H39BN4O6. The fourth-order valence-corrected chi connectivity index (χ4v) is 5.95. The lowest BCUT2D eigenvalue weighted by molar-refractivity contribution is -0.141. The largest absolute Gasteiger partial charge is 0.494 e. The van der Waals surface area contributed by atoms with Crippen molar-refractivity contribution in [2.24, 2.45) is 5.92 Å². The lowest BCUT2D eigenvalue weighted by atomic mass is 9.79. The molecule has 0 spiro atoms. The minimum atomic E-state index is -0.860. The van der Waals surface area contributed by atoms with Crippen LogP contribution < -0.4 is 10.8 Å². The number of nitrogens with zero attached hydrogens (tertiary/aromatic N) is 2. The lowest BCUT2D eigenvalue weighted by Gasteiger charge is -2.37. The molecule has 1 aromatic carbocycles. The van der Waals surface area contributed by atoms with Crippen molar-refractivity contribution in [3.8, 4) is 11.3 Å². The Kier molecular flexibility index (Phi) is 7.28. The summed E-state index contributed by atoms with van der Waals surface area (Å²) >= 11 is 0. The molecule has 10 nitrogen and oxygen atoms in total. The van der Waals surface area contributed by atoms with Gasteiger partial charge >= 0.3 is 13.2 Å². The summed E-state index contributed by atoms with van der Waals surface area (Å²) < 4.78 is 22.6. The normalized spacial score (nSPS) is 26.5. The molecule has 39 heavy (non-hydrogen) atoms. The third kappa shape index (κ3) is 4.96. The number of nitrogens with one attached hydrogen (secondary N) is 2. The first-order chi connectivity index (χ1) is 18.5. The number of amides is 2. The van der Waals surface area contributed by atoms with Crippen molar-refractivity contribution in [1.29, 1.82) is 0 Å². The maximum Gasteiger partial charge on any atom is 0.494 e. The first-order valence-corrected chi connectivity index (χ1v) is 13.7. The molecule has 210 valence electrons. The Balaban J connectivity index is 1.36. The number of fused-ring (bicyclic) bond motifs is 2. The lowest BCUT2D eigenvalue weighted by Crippen LogP contribution is -2.56. The molecule has 2 amide bonds. The second-order valence-corrected chi connectivity index (χ2v) is 11.9. The van der Waals surface area contributed by atoms with E-state index in [1.54, 1.807) is 6.92 Å². The van der Waals surface area contributed by atoms with Gasteiger partial charge in [-0.25, -0.2) is 9.78 Å². The fraction of sp³-hybridized carbons (Fsp3) is 0.607. The van der Waals surface area contributed by atoms with E-state index in [0.717, 1.165) is 41.8 Å². The number of carbonyl (C=O) groups is 2. The Morgan fingerprint density at radius 2 is 1.79 bits per heavy atom. The number of rotatable bonds is 7.